The van der Waals surface area contributed by atoms with Crippen molar-refractivity contribution in [3.63, 3.8) is 0 Å². The average molecular weight is 750 g/mol. The molecular weight excluding hydrogens is 707 g/mol. The van der Waals surface area contributed by atoms with Crippen molar-refractivity contribution in [2.45, 2.75) is 112 Å². The number of hydrogen-bond donors (Lipinski definition) is 3. The van der Waals surface area contributed by atoms with E-state index in [0.717, 1.165) is 21.6 Å². The van der Waals surface area contributed by atoms with Gasteiger partial charge in [-0.1, -0.05) is 42.8 Å². The van der Waals surface area contributed by atoms with Crippen LogP contribution in [0.4, 0.5) is 18.0 Å². The second-order valence-corrected chi connectivity index (χ2v) is 16.2. The summed E-state index contributed by atoms with van der Waals surface area (Å²) in [5.41, 5.74) is 1.05. The van der Waals surface area contributed by atoms with Gasteiger partial charge in [0, 0.05) is 25.3 Å². The summed E-state index contributed by atoms with van der Waals surface area (Å²) in [6.07, 6.45) is -0.462. The van der Waals surface area contributed by atoms with Crippen molar-refractivity contribution in [2.75, 3.05) is 6.54 Å². The van der Waals surface area contributed by atoms with Crippen LogP contribution >= 0.6 is 0 Å². The molecule has 0 unspecified atom stereocenters. The summed E-state index contributed by atoms with van der Waals surface area (Å²) < 4.78 is 74.3. The first-order valence-corrected chi connectivity index (χ1v) is 19.0. The van der Waals surface area contributed by atoms with Crippen molar-refractivity contribution in [1.29, 1.82) is 0 Å². The molecule has 13 nitrogen and oxygen atoms in total. The van der Waals surface area contributed by atoms with Crippen molar-refractivity contribution >= 4 is 45.8 Å². The van der Waals surface area contributed by atoms with Crippen LogP contribution in [0, 0.1) is 5.92 Å². The molecule has 3 N–H and O–H groups in total. The van der Waals surface area contributed by atoms with Crippen LogP contribution in [0.15, 0.2) is 36.9 Å². The third-order valence-electron chi connectivity index (χ3n) is 10.3. The van der Waals surface area contributed by atoms with E-state index in [0.29, 0.717) is 38.5 Å². The molecule has 5 atom stereocenters. The van der Waals surface area contributed by atoms with Crippen molar-refractivity contribution < 1.29 is 50.3 Å². The summed E-state index contributed by atoms with van der Waals surface area (Å²) in [7, 11) is -4.00. The summed E-state index contributed by atoms with van der Waals surface area (Å²) >= 11 is 0. The van der Waals surface area contributed by atoms with Crippen LogP contribution in [0.3, 0.4) is 0 Å². The number of alkyl halides is 3. The number of halogens is 3. The molecule has 2 aliphatic carbocycles. The zero-order valence-electron chi connectivity index (χ0n) is 28.5. The Hall–Kier alpha value is -4.41. The fourth-order valence-electron chi connectivity index (χ4n) is 7.18. The zero-order valence-corrected chi connectivity index (χ0v) is 29.3. The molecule has 282 valence electrons. The fourth-order valence-corrected chi connectivity index (χ4v) is 8.54. The summed E-state index contributed by atoms with van der Waals surface area (Å²) in [5.74, 6) is -4.61. The van der Waals surface area contributed by atoms with Crippen molar-refractivity contribution in [1.82, 2.24) is 25.2 Å². The molecule has 52 heavy (non-hydrogen) atoms. The third-order valence-corrected chi connectivity index (χ3v) is 12.1. The van der Waals surface area contributed by atoms with E-state index in [1.54, 1.807) is 0 Å². The van der Waals surface area contributed by atoms with E-state index in [2.05, 4.69) is 17.2 Å². The van der Waals surface area contributed by atoms with Gasteiger partial charge in [0.1, 0.15) is 23.7 Å². The van der Waals surface area contributed by atoms with Crippen LogP contribution < -0.4 is 15.4 Å². The maximum atomic E-state index is 14.0. The molecule has 3 heterocycles. The highest BCUT2D eigenvalue weighted by Crippen LogP contribution is 2.45. The Bertz CT molecular complexity index is 1780. The quantitative estimate of drug-likeness (QED) is 0.357. The van der Waals surface area contributed by atoms with Crippen molar-refractivity contribution in [2.24, 2.45) is 5.92 Å². The summed E-state index contributed by atoms with van der Waals surface area (Å²) in [6, 6.07) is 2.10. The van der Waals surface area contributed by atoms with E-state index < -0.39 is 93.8 Å². The molecular formula is C35H42F3N5O8S. The van der Waals surface area contributed by atoms with E-state index in [4.69, 9.17) is 4.74 Å². The molecule has 1 aromatic carbocycles. The smallest absolute Gasteiger partial charge is 0.410 e. The Labute approximate surface area is 299 Å². The maximum Gasteiger partial charge on any atom is 0.410 e. The van der Waals surface area contributed by atoms with Gasteiger partial charge < -0.3 is 20.3 Å². The second-order valence-electron chi connectivity index (χ2n) is 14.2. The molecule has 2 saturated carbocycles. The minimum atomic E-state index is -4.87. The van der Waals surface area contributed by atoms with Crippen molar-refractivity contribution in [3.05, 3.63) is 53.6 Å². The number of ether oxygens (including phenoxy) is 1. The molecule has 5 amide bonds. The number of fused-ring (bicyclic) bond motifs is 3. The molecule has 17 heteroatoms. The number of nitrogens with one attached hydrogen (secondary N) is 3. The van der Waals surface area contributed by atoms with Gasteiger partial charge in [0.05, 0.1) is 24.8 Å². The molecule has 1 saturated heterocycles. The Morgan fingerprint density at radius 1 is 1.12 bits per heavy atom. The minimum Gasteiger partial charge on any atom is -0.444 e. The van der Waals surface area contributed by atoms with Gasteiger partial charge in [-0.2, -0.15) is 13.2 Å². The summed E-state index contributed by atoms with van der Waals surface area (Å²) in [5, 5.41) is 4.02. The van der Waals surface area contributed by atoms with Crippen molar-refractivity contribution in [3.8, 4) is 0 Å². The first-order valence-electron chi connectivity index (χ1n) is 17.5. The molecule has 1 aromatic rings. The van der Waals surface area contributed by atoms with Gasteiger partial charge in [0.2, 0.25) is 27.7 Å². The molecule has 6 rings (SSSR count). The lowest BCUT2D eigenvalue weighted by Crippen LogP contribution is -2.58. The predicted molar refractivity (Wildman–Crippen MR) is 180 cm³/mol. The first kappa shape index (κ1) is 37.4. The second kappa shape index (κ2) is 14.5. The van der Waals surface area contributed by atoms with Gasteiger partial charge in [0.25, 0.3) is 5.91 Å². The summed E-state index contributed by atoms with van der Waals surface area (Å²) in [4.78, 5) is 69.8. The number of sulfonamides is 1. The SMILES string of the molecule is C=C[C@@H]1C[C@@]1(NC(=O)[C@@H]1C[C@@H]2CN1C(=O)[C@H](CC(F)(F)F)NC(=O)CCCCC/C=C\c1cccc3c1CN(C3)C(=O)O2)C(=O)NS(=O)(=O)C1CC1. The molecule has 5 aliphatic rings. The minimum absolute atomic E-state index is 0.00715. The first-order chi connectivity index (χ1) is 24.6. The molecule has 4 bridgehead atoms. The summed E-state index contributed by atoms with van der Waals surface area (Å²) in [6.45, 7) is 3.66. The Morgan fingerprint density at radius 2 is 1.88 bits per heavy atom. The molecule has 3 fully saturated rings. The highest BCUT2D eigenvalue weighted by molar-refractivity contribution is 7.91. The number of carbonyl (C=O) groups excluding carboxylic acids is 5. The van der Waals surface area contributed by atoms with Gasteiger partial charge in [-0.3, -0.25) is 28.8 Å². The normalized spacial score (nSPS) is 29.1. The highest BCUT2D eigenvalue weighted by atomic mass is 32.2. The highest BCUT2D eigenvalue weighted by Gasteiger charge is 2.62. The number of rotatable bonds is 7. The lowest BCUT2D eigenvalue weighted by Gasteiger charge is -2.30. The number of amides is 5. The van der Waals surface area contributed by atoms with Gasteiger partial charge in [-0.15, -0.1) is 6.58 Å². The van der Waals surface area contributed by atoms with Gasteiger partial charge >= 0.3 is 12.3 Å². The predicted octanol–water partition coefficient (Wildman–Crippen LogP) is 3.19. The van der Waals surface area contributed by atoms with Crippen LogP contribution in [0.25, 0.3) is 6.08 Å². The number of nitrogens with zero attached hydrogens (tertiary/aromatic N) is 2. The number of hydrogen-bond acceptors (Lipinski definition) is 8. The maximum absolute atomic E-state index is 14.0. The van der Waals surface area contributed by atoms with Gasteiger partial charge in [-0.05, 0) is 55.2 Å². The molecule has 3 aliphatic heterocycles. The van der Waals surface area contributed by atoms with Gasteiger partial charge in [0.15, 0.2) is 0 Å². The van der Waals surface area contributed by atoms with Crippen LogP contribution in [-0.2, 0) is 47.0 Å². The molecule has 0 radical (unpaired) electrons. The Kier molecular flexibility index (Phi) is 10.4. The standard InChI is InChI=1S/C35H42F3N5O8S/c1-2-23-16-34(23,32(47)41-52(49,50)25-13-14-25)40-30(45)28-15-24-19-43(28)31(46)27(17-35(36,37)38)39-29(44)12-7-5-3-4-6-9-21-10-8-11-22-18-42(20-26(21)22)33(48)51-24/h2,6,8-11,23-25,27-28H,1,3-5,7,12-20H2,(H,39,44)(H,40,45)(H,41,47)/b9-6-/t23-,24-,27+,28+,34+/m1/s1. The zero-order chi connectivity index (χ0) is 37.4. The lowest BCUT2D eigenvalue weighted by molar-refractivity contribution is -0.157. The number of carbonyl (C=O) groups is 5. The van der Waals surface area contributed by atoms with E-state index >= 15 is 0 Å². The molecule has 0 spiro atoms. The monoisotopic (exact) mass is 749 g/mol. The third kappa shape index (κ3) is 8.29. The Morgan fingerprint density at radius 3 is 2.58 bits per heavy atom. The lowest BCUT2D eigenvalue weighted by atomic mass is 10.0. The van der Waals surface area contributed by atoms with E-state index in [-0.39, 0.29) is 32.4 Å². The average Bonchev–Trinajstić information content (AvgIpc) is 3.96. The van der Waals surface area contributed by atoms with Crippen LogP contribution in [-0.4, -0.2) is 89.6 Å². The largest absolute Gasteiger partial charge is 0.444 e. The van der Waals surface area contributed by atoms with Crippen LogP contribution in [0.2, 0.25) is 0 Å². The van der Waals surface area contributed by atoms with Crippen LogP contribution in [0.5, 0.6) is 0 Å². The Balaban J connectivity index is 1.27. The number of benzene rings is 1. The topological polar surface area (TPSA) is 171 Å². The van der Waals surface area contributed by atoms with E-state index in [1.165, 1.54) is 11.0 Å². The fraction of sp³-hybridized carbons (Fsp3) is 0.571. The van der Waals surface area contributed by atoms with E-state index in [9.17, 15) is 45.6 Å². The molecule has 0 aromatic heterocycles. The van der Waals surface area contributed by atoms with Gasteiger partial charge in [-0.25, -0.2) is 13.2 Å². The van der Waals surface area contributed by atoms with Crippen LogP contribution in [0.1, 0.15) is 80.9 Å². The van der Waals surface area contributed by atoms with E-state index in [1.807, 2.05) is 35.1 Å². The number of allylic oxidation sites excluding steroid dienone is 1.